The van der Waals surface area contributed by atoms with Gasteiger partial charge in [0.1, 0.15) is 29.3 Å². The molecule has 146 valence electrons. The van der Waals surface area contributed by atoms with E-state index in [9.17, 15) is 0 Å². The first-order chi connectivity index (χ1) is 13.5. The van der Waals surface area contributed by atoms with E-state index in [1.165, 1.54) is 6.33 Å². The van der Waals surface area contributed by atoms with Crippen molar-refractivity contribution in [1.82, 2.24) is 19.5 Å². The van der Waals surface area contributed by atoms with Gasteiger partial charge in [0.05, 0.1) is 19.5 Å². The number of benzene rings is 1. The van der Waals surface area contributed by atoms with E-state index in [2.05, 4.69) is 15.0 Å². The molecule has 5 atom stereocenters. The summed E-state index contributed by atoms with van der Waals surface area (Å²) in [7, 11) is 1.64. The smallest absolute Gasteiger partial charge is 0.185 e. The van der Waals surface area contributed by atoms with E-state index in [0.717, 1.165) is 11.3 Å². The van der Waals surface area contributed by atoms with Crippen LogP contribution in [0.2, 0.25) is 0 Å². The molecule has 5 rings (SSSR count). The fourth-order valence-corrected chi connectivity index (χ4v) is 4.07. The number of rotatable bonds is 3. The second-order valence-corrected chi connectivity index (χ2v) is 7.24. The van der Waals surface area contributed by atoms with Crippen LogP contribution in [0.5, 0.6) is 5.75 Å². The molecule has 2 aromatic heterocycles. The van der Waals surface area contributed by atoms with Crippen LogP contribution in [0.3, 0.4) is 0 Å². The molecule has 0 spiro atoms. The van der Waals surface area contributed by atoms with E-state index in [-0.39, 0.29) is 12.2 Å². The molecule has 1 aromatic carbocycles. The number of anilines is 1. The summed E-state index contributed by atoms with van der Waals surface area (Å²) < 4.78 is 25.9. The zero-order chi connectivity index (χ0) is 19.5. The molecule has 2 aliphatic rings. The quantitative estimate of drug-likeness (QED) is 0.734. The van der Waals surface area contributed by atoms with Gasteiger partial charge < -0.3 is 24.7 Å². The van der Waals surface area contributed by atoms with Crippen LogP contribution < -0.4 is 10.5 Å². The summed E-state index contributed by atoms with van der Waals surface area (Å²) in [5.41, 5.74) is 7.26. The first kappa shape index (κ1) is 17.4. The molecule has 0 bridgehead atoms. The summed E-state index contributed by atoms with van der Waals surface area (Å²) in [6, 6.07) is 7.65. The fourth-order valence-electron chi connectivity index (χ4n) is 4.07. The normalized spacial score (nSPS) is 32.0. The van der Waals surface area contributed by atoms with Gasteiger partial charge in [-0.05, 0) is 26.0 Å². The molecule has 0 aliphatic carbocycles. The van der Waals surface area contributed by atoms with Crippen molar-refractivity contribution in [2.24, 2.45) is 0 Å². The minimum absolute atomic E-state index is 0.171. The lowest BCUT2D eigenvalue weighted by Gasteiger charge is -2.28. The van der Waals surface area contributed by atoms with Crippen molar-refractivity contribution in [3.8, 4) is 5.75 Å². The predicted octanol–water partition coefficient (Wildman–Crippen LogP) is 2.21. The number of methoxy groups -OCH3 is 1. The maximum absolute atomic E-state index is 6.41. The molecule has 2 saturated heterocycles. The Morgan fingerprint density at radius 1 is 1.14 bits per heavy atom. The lowest BCUT2D eigenvalue weighted by molar-refractivity contribution is -0.167. The highest BCUT2D eigenvalue weighted by atomic mass is 16.8. The summed E-state index contributed by atoms with van der Waals surface area (Å²) >= 11 is 0. The van der Waals surface area contributed by atoms with Crippen molar-refractivity contribution in [2.45, 2.75) is 44.2 Å². The molecule has 9 heteroatoms. The van der Waals surface area contributed by atoms with E-state index in [1.807, 2.05) is 42.7 Å². The lowest BCUT2D eigenvalue weighted by Crippen LogP contribution is -2.40. The minimum Gasteiger partial charge on any atom is -0.497 e. The molecule has 3 aromatic rings. The van der Waals surface area contributed by atoms with Crippen LogP contribution >= 0.6 is 0 Å². The number of fused-ring (bicyclic) bond motifs is 2. The van der Waals surface area contributed by atoms with E-state index >= 15 is 0 Å². The Hall–Kier alpha value is -2.75. The highest BCUT2D eigenvalue weighted by molar-refractivity contribution is 5.81. The van der Waals surface area contributed by atoms with Gasteiger partial charge >= 0.3 is 0 Å². The molecule has 28 heavy (non-hydrogen) atoms. The highest BCUT2D eigenvalue weighted by Gasteiger charge is 2.61. The number of hydrogen-bond donors (Lipinski definition) is 1. The van der Waals surface area contributed by atoms with Crippen molar-refractivity contribution in [3.05, 3.63) is 42.5 Å². The minimum atomic E-state index is -0.725. The average molecular weight is 383 g/mol. The summed E-state index contributed by atoms with van der Waals surface area (Å²) in [5.74, 6) is 1.11. The zero-order valence-electron chi connectivity index (χ0n) is 15.8. The Morgan fingerprint density at radius 3 is 2.68 bits per heavy atom. The third kappa shape index (κ3) is 2.40. The first-order valence-electron chi connectivity index (χ1n) is 9.07. The van der Waals surface area contributed by atoms with Crippen LogP contribution in [0.15, 0.2) is 36.9 Å². The van der Waals surface area contributed by atoms with Crippen LogP contribution in [0, 0.1) is 0 Å². The molecule has 2 fully saturated rings. The van der Waals surface area contributed by atoms with E-state index < -0.39 is 18.1 Å². The SMILES string of the molecule is COc1ccc(C2O[C@@H]3C(C)O[C@@H](n4cnc5c(N)ncnc54)[C@]3(C)O2)cc1. The average Bonchev–Trinajstić information content (AvgIpc) is 3.34. The summed E-state index contributed by atoms with van der Waals surface area (Å²) in [6.45, 7) is 3.97. The second-order valence-electron chi connectivity index (χ2n) is 7.24. The van der Waals surface area contributed by atoms with Crippen molar-refractivity contribution in [2.75, 3.05) is 12.8 Å². The Morgan fingerprint density at radius 2 is 1.93 bits per heavy atom. The highest BCUT2D eigenvalue weighted by Crippen LogP contribution is 2.52. The number of nitrogens with zero attached hydrogens (tertiary/aromatic N) is 4. The van der Waals surface area contributed by atoms with Crippen molar-refractivity contribution >= 4 is 17.0 Å². The predicted molar refractivity (Wildman–Crippen MR) is 99.4 cm³/mol. The Labute approximate surface area is 161 Å². The monoisotopic (exact) mass is 383 g/mol. The van der Waals surface area contributed by atoms with Gasteiger partial charge in [0, 0.05) is 5.56 Å². The molecule has 0 saturated carbocycles. The van der Waals surface area contributed by atoms with Gasteiger partial charge in [0.2, 0.25) is 0 Å². The summed E-state index contributed by atoms with van der Waals surface area (Å²) in [6.07, 6.45) is 1.70. The van der Waals surface area contributed by atoms with Crippen molar-refractivity contribution in [1.29, 1.82) is 0 Å². The van der Waals surface area contributed by atoms with Gasteiger partial charge in [-0.3, -0.25) is 4.57 Å². The van der Waals surface area contributed by atoms with Crippen LogP contribution in [-0.4, -0.2) is 44.4 Å². The van der Waals surface area contributed by atoms with Crippen molar-refractivity contribution < 1.29 is 18.9 Å². The molecule has 9 nitrogen and oxygen atoms in total. The number of aromatic nitrogens is 4. The first-order valence-corrected chi connectivity index (χ1v) is 9.07. The molecular weight excluding hydrogens is 362 g/mol. The molecule has 2 aliphatic heterocycles. The maximum Gasteiger partial charge on any atom is 0.185 e. The van der Waals surface area contributed by atoms with E-state index in [1.54, 1.807) is 13.4 Å². The third-order valence-corrected chi connectivity index (χ3v) is 5.48. The van der Waals surface area contributed by atoms with E-state index in [0.29, 0.717) is 17.0 Å². The molecule has 0 radical (unpaired) electrons. The van der Waals surface area contributed by atoms with Crippen LogP contribution in [0.25, 0.3) is 11.2 Å². The molecule has 0 amide bonds. The molecule has 4 heterocycles. The fraction of sp³-hybridized carbons (Fsp3) is 0.421. The van der Waals surface area contributed by atoms with Gasteiger partial charge in [0.15, 0.2) is 24.0 Å². The topological polar surface area (TPSA) is 107 Å². The third-order valence-electron chi connectivity index (χ3n) is 5.48. The standard InChI is InChI=1S/C19H21N5O4/c1-10-14-19(2,28-17(27-14)11-4-6-12(25-3)7-5-11)18(26-10)24-9-23-13-15(20)21-8-22-16(13)24/h4-10,14,17-18H,1-3H3,(H2,20,21,22)/t10?,14-,17?,18-,19-/m1/s1. The van der Waals surface area contributed by atoms with Crippen molar-refractivity contribution in [3.63, 3.8) is 0 Å². The summed E-state index contributed by atoms with van der Waals surface area (Å²) in [4.78, 5) is 12.7. The molecule has 2 N–H and O–H groups in total. The maximum atomic E-state index is 6.41. The second kappa shape index (κ2) is 6.13. The Bertz CT molecular complexity index is 1020. The van der Waals surface area contributed by atoms with E-state index in [4.69, 9.17) is 24.7 Å². The van der Waals surface area contributed by atoms with Gasteiger partial charge in [-0.25, -0.2) is 15.0 Å². The number of ether oxygens (including phenoxy) is 4. The summed E-state index contributed by atoms with van der Waals surface area (Å²) in [5, 5.41) is 0. The number of nitrogen functional groups attached to an aromatic ring is 1. The lowest BCUT2D eigenvalue weighted by atomic mass is 9.97. The molecule has 2 unspecified atom stereocenters. The van der Waals surface area contributed by atoms with Gasteiger partial charge in [-0.1, -0.05) is 12.1 Å². The largest absolute Gasteiger partial charge is 0.497 e. The number of nitrogens with two attached hydrogens (primary N) is 1. The van der Waals surface area contributed by atoms with Gasteiger partial charge in [-0.2, -0.15) is 0 Å². The number of imidazole rings is 1. The van der Waals surface area contributed by atoms with Crippen LogP contribution in [0.1, 0.15) is 31.9 Å². The van der Waals surface area contributed by atoms with Gasteiger partial charge in [0.25, 0.3) is 0 Å². The molecular formula is C19H21N5O4. The Kier molecular flexibility index (Phi) is 3.80. The van der Waals surface area contributed by atoms with Gasteiger partial charge in [-0.15, -0.1) is 0 Å². The van der Waals surface area contributed by atoms with Crippen LogP contribution in [-0.2, 0) is 14.2 Å². The Balaban J connectivity index is 1.50. The zero-order valence-corrected chi connectivity index (χ0v) is 15.8. The van der Waals surface area contributed by atoms with Crippen LogP contribution in [0.4, 0.5) is 5.82 Å². The number of hydrogen-bond acceptors (Lipinski definition) is 8.